The van der Waals surface area contributed by atoms with Gasteiger partial charge in [-0.05, 0) is 36.4 Å². The number of nitriles is 1. The van der Waals surface area contributed by atoms with Gasteiger partial charge in [0.05, 0.1) is 5.69 Å². The lowest BCUT2D eigenvalue weighted by Gasteiger charge is -2.06. The van der Waals surface area contributed by atoms with E-state index >= 15 is 0 Å². The molecule has 0 atom stereocenters. The van der Waals surface area contributed by atoms with Gasteiger partial charge in [-0.15, -0.1) is 0 Å². The van der Waals surface area contributed by atoms with Gasteiger partial charge < -0.3 is 16.4 Å². The second kappa shape index (κ2) is 7.11. The summed E-state index contributed by atoms with van der Waals surface area (Å²) in [6.07, 6.45) is 2.81. The first kappa shape index (κ1) is 15.4. The van der Waals surface area contributed by atoms with Crippen molar-refractivity contribution in [2.45, 2.75) is 0 Å². The third-order valence-corrected chi connectivity index (χ3v) is 2.97. The zero-order chi connectivity index (χ0) is 15.9. The van der Waals surface area contributed by atoms with Crippen LogP contribution in [0.4, 0.5) is 17.1 Å². The number of carbonyl (C=O) groups excluding carboxylic acids is 1. The van der Waals surface area contributed by atoms with Crippen LogP contribution in [-0.4, -0.2) is 10.9 Å². The number of halogens is 1. The number of nitrogens with two attached hydrogens (primary N) is 1. The number of anilines is 3. The molecule has 110 valence electrons. The highest BCUT2D eigenvalue weighted by Crippen LogP contribution is 2.18. The van der Waals surface area contributed by atoms with Crippen molar-refractivity contribution in [3.8, 4) is 6.07 Å². The van der Waals surface area contributed by atoms with Crippen LogP contribution in [0.15, 0.2) is 54.4 Å². The Morgan fingerprint density at radius 3 is 2.68 bits per heavy atom. The van der Waals surface area contributed by atoms with E-state index in [0.29, 0.717) is 17.1 Å². The van der Waals surface area contributed by atoms with Crippen LogP contribution < -0.4 is 16.4 Å². The first-order valence-corrected chi connectivity index (χ1v) is 6.62. The number of nitrogens with zero attached hydrogens (tertiary/aromatic N) is 2. The molecule has 0 radical (unpaired) electrons. The predicted octanol–water partition coefficient (Wildman–Crippen LogP) is 2.78. The summed E-state index contributed by atoms with van der Waals surface area (Å²) in [6, 6.07) is 11.8. The van der Waals surface area contributed by atoms with Crippen molar-refractivity contribution < 1.29 is 4.79 Å². The lowest BCUT2D eigenvalue weighted by atomic mass is 10.2. The minimum absolute atomic E-state index is 0.100. The molecule has 4 N–H and O–H groups in total. The maximum atomic E-state index is 12.0. The smallest absolute Gasteiger partial charge is 0.267 e. The summed E-state index contributed by atoms with van der Waals surface area (Å²) in [5, 5.41) is 14.7. The normalized spacial score (nSPS) is 10.6. The predicted molar refractivity (Wildman–Crippen MR) is 86.0 cm³/mol. The molecule has 0 unspecified atom stereocenters. The Balaban J connectivity index is 2.09. The first-order chi connectivity index (χ1) is 10.6. The van der Waals surface area contributed by atoms with Crippen LogP contribution in [0.1, 0.15) is 0 Å². The number of pyridine rings is 1. The molecule has 0 saturated carbocycles. The second-order valence-electron chi connectivity index (χ2n) is 4.23. The van der Waals surface area contributed by atoms with Gasteiger partial charge in [0.1, 0.15) is 11.6 Å². The van der Waals surface area contributed by atoms with E-state index in [1.165, 1.54) is 12.4 Å². The van der Waals surface area contributed by atoms with Crippen molar-refractivity contribution in [3.63, 3.8) is 0 Å². The molecule has 0 aliphatic heterocycles. The molecule has 1 aromatic heterocycles. The summed E-state index contributed by atoms with van der Waals surface area (Å²) in [7, 11) is 0. The number of rotatable bonds is 4. The highest BCUT2D eigenvalue weighted by molar-refractivity contribution is 6.32. The summed E-state index contributed by atoms with van der Waals surface area (Å²) in [6.45, 7) is 0. The highest BCUT2D eigenvalue weighted by atomic mass is 35.5. The second-order valence-corrected chi connectivity index (χ2v) is 4.59. The number of carbonyl (C=O) groups is 1. The van der Waals surface area contributed by atoms with Gasteiger partial charge in [0.2, 0.25) is 0 Å². The molecular weight excluding hydrogens is 302 g/mol. The van der Waals surface area contributed by atoms with Gasteiger partial charge >= 0.3 is 0 Å². The molecule has 0 bridgehead atoms. The Morgan fingerprint density at radius 2 is 2.05 bits per heavy atom. The zero-order valence-electron chi connectivity index (χ0n) is 11.4. The largest absolute Gasteiger partial charge is 0.399 e. The third kappa shape index (κ3) is 3.98. The van der Waals surface area contributed by atoms with Crippen molar-refractivity contribution in [1.29, 1.82) is 5.26 Å². The molecular formula is C15H12ClN5O. The molecule has 0 aliphatic carbocycles. The third-order valence-electron chi connectivity index (χ3n) is 2.66. The van der Waals surface area contributed by atoms with E-state index in [2.05, 4.69) is 15.6 Å². The van der Waals surface area contributed by atoms with E-state index < -0.39 is 5.91 Å². The molecule has 0 spiro atoms. The summed E-state index contributed by atoms with van der Waals surface area (Å²) in [5.74, 6) is -0.542. The van der Waals surface area contributed by atoms with Crippen LogP contribution >= 0.6 is 11.6 Å². The Bertz CT molecular complexity index is 749. The molecule has 1 heterocycles. The fraction of sp³-hybridized carbons (Fsp3) is 0. The van der Waals surface area contributed by atoms with Gasteiger partial charge in [-0.3, -0.25) is 4.79 Å². The number of nitrogen functional groups attached to an aromatic ring is 1. The Kier molecular flexibility index (Phi) is 4.96. The highest BCUT2D eigenvalue weighted by Gasteiger charge is 2.09. The molecule has 7 heteroatoms. The van der Waals surface area contributed by atoms with Crippen LogP contribution in [0, 0.1) is 11.3 Å². The van der Waals surface area contributed by atoms with Crippen molar-refractivity contribution in [3.05, 3.63) is 59.5 Å². The maximum Gasteiger partial charge on any atom is 0.267 e. The molecule has 1 aromatic carbocycles. The summed E-state index contributed by atoms with van der Waals surface area (Å²) in [5.41, 5.74) is 7.09. The monoisotopic (exact) mass is 313 g/mol. The van der Waals surface area contributed by atoms with E-state index in [4.69, 9.17) is 22.6 Å². The summed E-state index contributed by atoms with van der Waals surface area (Å²) < 4.78 is 0. The van der Waals surface area contributed by atoms with Gasteiger partial charge in [-0.1, -0.05) is 11.6 Å². The van der Waals surface area contributed by atoms with E-state index in [9.17, 15) is 4.79 Å². The molecule has 1 amide bonds. The van der Waals surface area contributed by atoms with Gasteiger partial charge in [-0.25, -0.2) is 4.98 Å². The lowest BCUT2D eigenvalue weighted by Crippen LogP contribution is -2.14. The van der Waals surface area contributed by atoms with Crippen molar-refractivity contribution in [2.24, 2.45) is 0 Å². The number of aromatic nitrogens is 1. The Morgan fingerprint density at radius 1 is 1.32 bits per heavy atom. The fourth-order valence-electron chi connectivity index (χ4n) is 1.56. The maximum absolute atomic E-state index is 12.0. The van der Waals surface area contributed by atoms with Gasteiger partial charge in [-0.2, -0.15) is 5.26 Å². The van der Waals surface area contributed by atoms with Crippen molar-refractivity contribution in [1.82, 2.24) is 4.98 Å². The average molecular weight is 314 g/mol. The van der Waals surface area contributed by atoms with Crippen LogP contribution in [0.2, 0.25) is 5.15 Å². The molecule has 2 rings (SSSR count). The molecule has 0 saturated heterocycles. The Hall–Kier alpha value is -3.04. The lowest BCUT2D eigenvalue weighted by molar-refractivity contribution is -0.112. The molecule has 22 heavy (non-hydrogen) atoms. The van der Waals surface area contributed by atoms with Crippen LogP contribution in [0.3, 0.4) is 0 Å². The minimum atomic E-state index is -0.542. The number of benzene rings is 1. The Labute approximate surface area is 132 Å². The van der Waals surface area contributed by atoms with E-state index in [0.717, 1.165) is 0 Å². The van der Waals surface area contributed by atoms with Crippen molar-refractivity contribution in [2.75, 3.05) is 16.4 Å². The molecule has 0 fully saturated rings. The quantitative estimate of drug-likeness (QED) is 0.348. The van der Waals surface area contributed by atoms with Crippen LogP contribution in [-0.2, 0) is 4.79 Å². The van der Waals surface area contributed by atoms with Crippen LogP contribution in [0.5, 0.6) is 0 Å². The number of hydrogen-bond donors (Lipinski definition) is 3. The summed E-state index contributed by atoms with van der Waals surface area (Å²) >= 11 is 5.88. The number of nitrogens with one attached hydrogen (secondary N) is 2. The number of amides is 1. The van der Waals surface area contributed by atoms with E-state index in [1.807, 2.05) is 6.07 Å². The summed E-state index contributed by atoms with van der Waals surface area (Å²) in [4.78, 5) is 15.9. The van der Waals surface area contributed by atoms with Crippen LogP contribution in [0.25, 0.3) is 0 Å². The first-order valence-electron chi connectivity index (χ1n) is 6.24. The molecule has 0 aliphatic rings. The van der Waals surface area contributed by atoms with Gasteiger partial charge in [0.25, 0.3) is 5.91 Å². The molecule has 2 aromatic rings. The molecule has 6 nitrogen and oxygen atoms in total. The van der Waals surface area contributed by atoms with Crippen molar-refractivity contribution >= 4 is 34.6 Å². The standard InChI is InChI=1S/C15H12ClN5O/c16-14-13(2-1-7-19-14)20-9-10(8-17)15(22)21-12-5-3-11(18)4-6-12/h1-7,9,20H,18H2,(H,21,22)/b10-9-. The van der Waals surface area contributed by atoms with E-state index in [-0.39, 0.29) is 10.7 Å². The zero-order valence-corrected chi connectivity index (χ0v) is 12.1. The topological polar surface area (TPSA) is 104 Å². The van der Waals surface area contributed by atoms with Gasteiger partial charge in [0, 0.05) is 23.8 Å². The SMILES string of the molecule is N#C/C(=C/Nc1cccnc1Cl)C(=O)Nc1ccc(N)cc1. The average Bonchev–Trinajstić information content (AvgIpc) is 2.52. The van der Waals surface area contributed by atoms with Gasteiger partial charge in [0.15, 0.2) is 5.15 Å². The van der Waals surface area contributed by atoms with E-state index in [1.54, 1.807) is 36.4 Å². The number of hydrogen-bond acceptors (Lipinski definition) is 5. The fourth-order valence-corrected chi connectivity index (χ4v) is 1.73. The minimum Gasteiger partial charge on any atom is -0.399 e.